The highest BCUT2D eigenvalue weighted by atomic mass is 35.5. The number of rotatable bonds is 5. The molecule has 0 aliphatic heterocycles. The Hall–Kier alpha value is -4.14. The topological polar surface area (TPSA) is 81.4 Å². The molecule has 0 amide bonds. The largest absolute Gasteiger partial charge is 0.339 e. The summed E-state index contributed by atoms with van der Waals surface area (Å²) in [6.45, 7) is 0. The lowest BCUT2D eigenvalue weighted by Crippen LogP contribution is -1.99. The lowest BCUT2D eigenvalue weighted by molar-refractivity contribution is 0.895. The Morgan fingerprint density at radius 3 is 2.71 bits per heavy atom. The van der Waals surface area contributed by atoms with Crippen molar-refractivity contribution in [1.29, 1.82) is 0 Å². The normalized spacial score (nSPS) is 11.1. The summed E-state index contributed by atoms with van der Waals surface area (Å²) in [4.78, 5) is 18.1. The Balaban J connectivity index is 1.31. The highest BCUT2D eigenvalue weighted by Gasteiger charge is 2.13. The summed E-state index contributed by atoms with van der Waals surface area (Å²) in [6, 6.07) is 21.4. The van der Waals surface area contributed by atoms with Gasteiger partial charge >= 0.3 is 0 Å². The maximum absolute atomic E-state index is 6.16. The SMILES string of the molecule is Clc1cccc(-n2ncc3c(Nc4cccc(-c5csc(-c6ccccn6)n5)c4)ncnc32)c1. The smallest absolute Gasteiger partial charge is 0.168 e. The summed E-state index contributed by atoms with van der Waals surface area (Å²) in [5.74, 6) is 0.669. The van der Waals surface area contributed by atoms with Crippen LogP contribution in [0.15, 0.2) is 90.8 Å². The molecule has 2 aromatic carbocycles. The van der Waals surface area contributed by atoms with Gasteiger partial charge in [0, 0.05) is 27.9 Å². The van der Waals surface area contributed by atoms with Crippen LogP contribution in [0, 0.1) is 0 Å². The van der Waals surface area contributed by atoms with Crippen molar-refractivity contribution in [3.8, 4) is 27.6 Å². The zero-order valence-corrected chi connectivity index (χ0v) is 19.2. The third kappa shape index (κ3) is 3.89. The van der Waals surface area contributed by atoms with Crippen LogP contribution < -0.4 is 5.32 Å². The molecule has 0 aliphatic rings. The van der Waals surface area contributed by atoms with Gasteiger partial charge in [0.05, 0.1) is 28.7 Å². The first-order valence-corrected chi connectivity index (χ1v) is 11.7. The summed E-state index contributed by atoms with van der Waals surface area (Å²) in [5, 5.41) is 12.3. The fourth-order valence-corrected chi connectivity index (χ4v) is 4.64. The summed E-state index contributed by atoms with van der Waals surface area (Å²) in [7, 11) is 0. The van der Waals surface area contributed by atoms with E-state index < -0.39 is 0 Å². The van der Waals surface area contributed by atoms with E-state index in [-0.39, 0.29) is 0 Å². The van der Waals surface area contributed by atoms with E-state index in [0.717, 1.165) is 38.7 Å². The molecule has 0 bridgehead atoms. The van der Waals surface area contributed by atoms with Crippen molar-refractivity contribution >= 4 is 45.5 Å². The Kier molecular flexibility index (Phi) is 5.21. The van der Waals surface area contributed by atoms with Crippen molar-refractivity contribution in [2.24, 2.45) is 0 Å². The Labute approximate surface area is 203 Å². The van der Waals surface area contributed by atoms with Gasteiger partial charge in [-0.15, -0.1) is 11.3 Å². The van der Waals surface area contributed by atoms with Crippen LogP contribution in [0.2, 0.25) is 5.02 Å². The van der Waals surface area contributed by atoms with E-state index in [1.165, 1.54) is 6.33 Å². The molecule has 0 unspecified atom stereocenters. The number of thiazole rings is 1. The average molecular weight is 482 g/mol. The average Bonchev–Trinajstić information content (AvgIpc) is 3.53. The van der Waals surface area contributed by atoms with Crippen molar-refractivity contribution in [2.45, 2.75) is 0 Å². The molecule has 0 saturated heterocycles. The van der Waals surface area contributed by atoms with Gasteiger partial charge in [0.2, 0.25) is 0 Å². The summed E-state index contributed by atoms with van der Waals surface area (Å²) in [5.41, 5.74) is 5.18. The maximum atomic E-state index is 6.16. The van der Waals surface area contributed by atoms with Crippen LogP contribution in [0.5, 0.6) is 0 Å². The third-order valence-electron chi connectivity index (χ3n) is 5.23. The fourth-order valence-electron chi connectivity index (χ4n) is 3.65. The van der Waals surface area contributed by atoms with Gasteiger partial charge in [-0.2, -0.15) is 5.10 Å². The minimum Gasteiger partial charge on any atom is -0.339 e. The van der Waals surface area contributed by atoms with E-state index >= 15 is 0 Å². The van der Waals surface area contributed by atoms with Crippen molar-refractivity contribution in [3.05, 3.63) is 95.9 Å². The van der Waals surface area contributed by atoms with Crippen LogP contribution in [-0.2, 0) is 0 Å². The first kappa shape index (κ1) is 20.5. The number of anilines is 2. The number of nitrogens with zero attached hydrogens (tertiary/aromatic N) is 6. The molecule has 4 aromatic heterocycles. The molecule has 9 heteroatoms. The van der Waals surface area contributed by atoms with E-state index in [0.29, 0.717) is 16.5 Å². The zero-order valence-electron chi connectivity index (χ0n) is 17.6. The third-order valence-corrected chi connectivity index (χ3v) is 6.33. The van der Waals surface area contributed by atoms with Gasteiger partial charge in [-0.1, -0.05) is 35.9 Å². The van der Waals surface area contributed by atoms with Gasteiger partial charge < -0.3 is 5.32 Å². The van der Waals surface area contributed by atoms with Crippen LogP contribution >= 0.6 is 22.9 Å². The second-order valence-corrected chi connectivity index (χ2v) is 8.75. The van der Waals surface area contributed by atoms with Gasteiger partial charge in [0.25, 0.3) is 0 Å². The van der Waals surface area contributed by atoms with Crippen LogP contribution in [0.3, 0.4) is 0 Å². The predicted octanol–water partition coefficient (Wildman–Crippen LogP) is 6.40. The summed E-state index contributed by atoms with van der Waals surface area (Å²) in [6.07, 6.45) is 5.05. The minimum atomic E-state index is 0.638. The van der Waals surface area contributed by atoms with Crippen LogP contribution in [0.25, 0.3) is 38.7 Å². The number of hydrogen-bond acceptors (Lipinski definition) is 7. The van der Waals surface area contributed by atoms with Crippen LogP contribution in [0.1, 0.15) is 0 Å². The number of halogens is 1. The highest BCUT2D eigenvalue weighted by molar-refractivity contribution is 7.13. The monoisotopic (exact) mass is 481 g/mol. The number of aromatic nitrogens is 6. The van der Waals surface area contributed by atoms with Crippen molar-refractivity contribution < 1.29 is 0 Å². The van der Waals surface area contributed by atoms with E-state index in [1.54, 1.807) is 28.4 Å². The fraction of sp³-hybridized carbons (Fsp3) is 0. The van der Waals surface area contributed by atoms with Gasteiger partial charge in [0.15, 0.2) is 5.65 Å². The number of hydrogen-bond donors (Lipinski definition) is 1. The van der Waals surface area contributed by atoms with Gasteiger partial charge in [0.1, 0.15) is 17.2 Å². The minimum absolute atomic E-state index is 0.638. The lowest BCUT2D eigenvalue weighted by atomic mass is 10.1. The molecule has 0 spiro atoms. The Morgan fingerprint density at radius 1 is 0.882 bits per heavy atom. The quantitative estimate of drug-likeness (QED) is 0.307. The second-order valence-electron chi connectivity index (χ2n) is 7.45. The molecule has 164 valence electrons. The molecular weight excluding hydrogens is 466 g/mol. The molecule has 0 saturated carbocycles. The van der Waals surface area contributed by atoms with Crippen LogP contribution in [0.4, 0.5) is 11.5 Å². The molecule has 6 aromatic rings. The molecular formula is C25H16ClN7S. The maximum Gasteiger partial charge on any atom is 0.168 e. The molecule has 7 nitrogen and oxygen atoms in total. The first-order chi connectivity index (χ1) is 16.7. The Bertz CT molecular complexity index is 1610. The van der Waals surface area contributed by atoms with Crippen LogP contribution in [-0.4, -0.2) is 29.7 Å². The zero-order chi connectivity index (χ0) is 22.9. The number of benzene rings is 2. The standard InChI is InChI=1S/C25H16ClN7S/c26-17-6-4-8-19(12-17)33-24-20(13-30-33)23(28-15-29-24)31-18-7-3-5-16(11-18)22-14-34-25(32-22)21-9-1-2-10-27-21/h1-15H,(H,28,29,31). The molecule has 34 heavy (non-hydrogen) atoms. The number of pyridine rings is 1. The molecule has 0 radical (unpaired) electrons. The second kappa shape index (κ2) is 8.66. The van der Waals surface area contributed by atoms with E-state index in [2.05, 4.69) is 25.4 Å². The Morgan fingerprint density at radius 2 is 1.82 bits per heavy atom. The molecule has 0 aliphatic carbocycles. The van der Waals surface area contributed by atoms with Crippen molar-refractivity contribution in [3.63, 3.8) is 0 Å². The molecule has 1 N–H and O–H groups in total. The highest BCUT2D eigenvalue weighted by Crippen LogP contribution is 2.31. The predicted molar refractivity (Wildman–Crippen MR) is 136 cm³/mol. The van der Waals surface area contributed by atoms with Gasteiger partial charge in [-0.05, 0) is 42.5 Å². The van der Waals surface area contributed by atoms with Gasteiger partial charge in [-0.3, -0.25) is 4.98 Å². The molecule has 0 atom stereocenters. The first-order valence-electron chi connectivity index (χ1n) is 10.4. The van der Waals surface area contributed by atoms with E-state index in [4.69, 9.17) is 16.6 Å². The molecule has 0 fully saturated rings. The summed E-state index contributed by atoms with van der Waals surface area (Å²) >= 11 is 7.73. The molecule has 4 heterocycles. The van der Waals surface area contributed by atoms with Crippen molar-refractivity contribution in [1.82, 2.24) is 29.7 Å². The van der Waals surface area contributed by atoms with E-state index in [1.807, 2.05) is 72.1 Å². The van der Waals surface area contributed by atoms with Crippen molar-refractivity contribution in [2.75, 3.05) is 5.32 Å². The number of fused-ring (bicyclic) bond motifs is 1. The number of nitrogens with one attached hydrogen (secondary N) is 1. The summed E-state index contributed by atoms with van der Waals surface area (Å²) < 4.78 is 1.75. The van der Waals surface area contributed by atoms with Gasteiger partial charge in [-0.25, -0.2) is 19.6 Å². The van der Waals surface area contributed by atoms with E-state index in [9.17, 15) is 0 Å². The molecule has 6 rings (SSSR count). The lowest BCUT2D eigenvalue weighted by Gasteiger charge is -2.08.